The predicted molar refractivity (Wildman–Crippen MR) is 138 cm³/mol. The third-order valence-corrected chi connectivity index (χ3v) is 8.11. The lowest BCUT2D eigenvalue weighted by atomic mass is 10.1. The van der Waals surface area contributed by atoms with Gasteiger partial charge in [-0.2, -0.15) is 4.99 Å². The van der Waals surface area contributed by atoms with Crippen LogP contribution in [0.15, 0.2) is 58.4 Å². The first-order chi connectivity index (χ1) is 17.1. The van der Waals surface area contributed by atoms with E-state index in [1.54, 1.807) is 43.3 Å². The van der Waals surface area contributed by atoms with E-state index in [1.807, 2.05) is 0 Å². The first kappa shape index (κ1) is 25.9. The van der Waals surface area contributed by atoms with E-state index in [-0.39, 0.29) is 35.1 Å². The molecule has 0 radical (unpaired) electrons. The van der Waals surface area contributed by atoms with Crippen LogP contribution in [0.5, 0.6) is 0 Å². The van der Waals surface area contributed by atoms with E-state index < -0.39 is 15.3 Å². The minimum Gasteiger partial charge on any atom is -0.351 e. The zero-order valence-corrected chi connectivity index (χ0v) is 21.3. The van der Waals surface area contributed by atoms with Gasteiger partial charge in [-0.25, -0.2) is 13.6 Å². The number of amidine groups is 1. The molecule has 0 aromatic heterocycles. The average molecular weight is 530 g/mol. The Morgan fingerprint density at radius 3 is 2.36 bits per heavy atom. The average Bonchev–Trinajstić information content (AvgIpc) is 3.49. The number of nitrogens with two attached hydrogens (primary N) is 1. The van der Waals surface area contributed by atoms with Gasteiger partial charge in [-0.1, -0.05) is 23.9 Å². The van der Waals surface area contributed by atoms with E-state index >= 15 is 0 Å². The van der Waals surface area contributed by atoms with E-state index in [0.29, 0.717) is 16.4 Å². The van der Waals surface area contributed by atoms with Crippen molar-refractivity contribution >= 4 is 50.4 Å². The summed E-state index contributed by atoms with van der Waals surface area (Å²) in [5.41, 5.74) is 1.63. The van der Waals surface area contributed by atoms with Crippen molar-refractivity contribution < 1.29 is 22.8 Å². The van der Waals surface area contributed by atoms with Gasteiger partial charge in [-0.3, -0.25) is 14.4 Å². The van der Waals surface area contributed by atoms with Gasteiger partial charge in [0.2, 0.25) is 15.9 Å². The van der Waals surface area contributed by atoms with E-state index in [0.717, 1.165) is 31.5 Å². The number of likely N-dealkylation sites (tertiary alicyclic amines) is 1. The molecule has 0 bridgehead atoms. The smallest absolute Gasteiger partial charge is 0.262 e. The lowest BCUT2D eigenvalue weighted by molar-refractivity contribution is -0.121. The van der Waals surface area contributed by atoms with Crippen LogP contribution in [0.25, 0.3) is 0 Å². The molecule has 2 aliphatic rings. The SMILES string of the molecule is C[C@@H](NC(=O)c1ccc(NC(=O)C[C@H]2SC(N3CCCC3)=NC2=O)cc1)c1ccc(S(N)(=O)=O)cc1. The minimum absolute atomic E-state index is 0.00198. The largest absolute Gasteiger partial charge is 0.351 e. The number of nitrogens with one attached hydrogen (secondary N) is 2. The lowest BCUT2D eigenvalue weighted by Gasteiger charge is -2.16. The Balaban J connectivity index is 1.28. The number of hydrogen-bond acceptors (Lipinski definition) is 7. The molecular weight excluding hydrogens is 502 g/mol. The molecule has 0 unspecified atom stereocenters. The quantitative estimate of drug-likeness (QED) is 0.498. The van der Waals surface area contributed by atoms with Gasteiger partial charge >= 0.3 is 0 Å². The number of thioether (sulfide) groups is 1. The molecule has 1 saturated heterocycles. The van der Waals surface area contributed by atoms with Crippen LogP contribution in [0, 0.1) is 0 Å². The van der Waals surface area contributed by atoms with E-state index in [1.165, 1.54) is 23.9 Å². The number of sulfonamides is 1. The fraction of sp³-hybridized carbons (Fsp3) is 0.333. The van der Waals surface area contributed by atoms with Crippen LogP contribution < -0.4 is 15.8 Å². The van der Waals surface area contributed by atoms with Crippen LogP contribution in [0.4, 0.5) is 5.69 Å². The van der Waals surface area contributed by atoms with Crippen LogP contribution in [-0.4, -0.2) is 54.5 Å². The fourth-order valence-electron chi connectivity index (χ4n) is 3.95. The summed E-state index contributed by atoms with van der Waals surface area (Å²) >= 11 is 1.34. The molecule has 2 aromatic rings. The molecule has 190 valence electrons. The normalized spacial score (nSPS) is 18.6. The molecule has 2 aromatic carbocycles. The number of rotatable bonds is 7. The van der Waals surface area contributed by atoms with Gasteiger partial charge in [0.15, 0.2) is 5.17 Å². The van der Waals surface area contributed by atoms with Crippen LogP contribution >= 0.6 is 11.8 Å². The van der Waals surface area contributed by atoms with Crippen molar-refractivity contribution in [3.8, 4) is 0 Å². The number of aliphatic imine (C=N–C) groups is 1. The summed E-state index contributed by atoms with van der Waals surface area (Å²) in [5.74, 6) is -0.902. The number of primary sulfonamides is 1. The van der Waals surface area contributed by atoms with Crippen molar-refractivity contribution in [2.45, 2.75) is 42.4 Å². The molecule has 12 heteroatoms. The molecule has 2 aliphatic heterocycles. The van der Waals surface area contributed by atoms with Gasteiger partial charge < -0.3 is 15.5 Å². The molecule has 2 atom stereocenters. The molecular formula is C24H27N5O5S2. The lowest BCUT2D eigenvalue weighted by Crippen LogP contribution is -2.26. The maximum Gasteiger partial charge on any atom is 0.262 e. The van der Waals surface area contributed by atoms with Gasteiger partial charge in [0, 0.05) is 30.8 Å². The number of anilines is 1. The summed E-state index contributed by atoms with van der Waals surface area (Å²) in [7, 11) is -3.78. The molecule has 1 fully saturated rings. The van der Waals surface area contributed by atoms with Crippen LogP contribution in [0.2, 0.25) is 0 Å². The molecule has 0 saturated carbocycles. The van der Waals surface area contributed by atoms with Crippen molar-refractivity contribution in [2.75, 3.05) is 18.4 Å². The summed E-state index contributed by atoms with van der Waals surface area (Å²) in [6.07, 6.45) is 2.19. The fourth-order valence-corrected chi connectivity index (χ4v) is 5.58. The summed E-state index contributed by atoms with van der Waals surface area (Å²) in [6.45, 7) is 3.56. The van der Waals surface area contributed by atoms with Gasteiger partial charge in [0.1, 0.15) is 5.25 Å². The number of amides is 3. The highest BCUT2D eigenvalue weighted by atomic mass is 32.2. The highest BCUT2D eigenvalue weighted by Gasteiger charge is 2.33. The van der Waals surface area contributed by atoms with Crippen molar-refractivity contribution in [3.63, 3.8) is 0 Å². The number of carbonyl (C=O) groups is 3. The molecule has 3 amide bonds. The highest BCUT2D eigenvalue weighted by Crippen LogP contribution is 2.29. The van der Waals surface area contributed by atoms with Crippen LogP contribution in [0.1, 0.15) is 48.1 Å². The van der Waals surface area contributed by atoms with Crippen molar-refractivity contribution in [2.24, 2.45) is 10.1 Å². The van der Waals surface area contributed by atoms with Crippen molar-refractivity contribution in [1.82, 2.24) is 10.2 Å². The van der Waals surface area contributed by atoms with Crippen molar-refractivity contribution in [1.29, 1.82) is 0 Å². The first-order valence-electron chi connectivity index (χ1n) is 11.5. The van der Waals surface area contributed by atoms with Gasteiger partial charge in [0.25, 0.3) is 11.8 Å². The summed E-state index contributed by atoms with van der Waals surface area (Å²) in [5, 5.41) is 10.9. The zero-order valence-electron chi connectivity index (χ0n) is 19.6. The molecule has 0 aliphatic carbocycles. The highest BCUT2D eigenvalue weighted by molar-refractivity contribution is 8.15. The number of nitrogens with zero attached hydrogens (tertiary/aromatic N) is 2. The Labute approximate surface area is 213 Å². The summed E-state index contributed by atoms with van der Waals surface area (Å²) in [4.78, 5) is 43.5. The predicted octanol–water partition coefficient (Wildman–Crippen LogP) is 2.25. The third-order valence-electron chi connectivity index (χ3n) is 5.96. The van der Waals surface area contributed by atoms with E-state index in [9.17, 15) is 22.8 Å². The Morgan fingerprint density at radius 1 is 1.11 bits per heavy atom. The minimum atomic E-state index is -3.78. The second-order valence-corrected chi connectivity index (χ2v) is 11.4. The molecule has 0 spiro atoms. The Morgan fingerprint density at radius 2 is 1.75 bits per heavy atom. The maximum atomic E-state index is 12.6. The number of hydrogen-bond donors (Lipinski definition) is 3. The Hall–Kier alpha value is -3.22. The topological polar surface area (TPSA) is 151 Å². The molecule has 4 N–H and O–H groups in total. The number of benzene rings is 2. The van der Waals surface area contributed by atoms with Gasteiger partial charge in [-0.05, 0) is 61.7 Å². The van der Waals surface area contributed by atoms with E-state index in [2.05, 4.69) is 20.5 Å². The monoisotopic (exact) mass is 529 g/mol. The van der Waals surface area contributed by atoms with Crippen molar-refractivity contribution in [3.05, 3.63) is 59.7 Å². The molecule has 2 heterocycles. The number of carbonyl (C=O) groups excluding carboxylic acids is 3. The maximum absolute atomic E-state index is 12.6. The van der Waals surface area contributed by atoms with Gasteiger partial charge in [-0.15, -0.1) is 0 Å². The third kappa shape index (κ3) is 6.31. The van der Waals surface area contributed by atoms with Crippen LogP contribution in [-0.2, 0) is 19.6 Å². The second-order valence-electron chi connectivity index (χ2n) is 8.67. The first-order valence-corrected chi connectivity index (χ1v) is 13.9. The Kier molecular flexibility index (Phi) is 7.76. The van der Waals surface area contributed by atoms with Crippen LogP contribution in [0.3, 0.4) is 0 Å². The zero-order chi connectivity index (χ0) is 25.9. The van der Waals surface area contributed by atoms with Gasteiger partial charge in [0.05, 0.1) is 10.9 Å². The summed E-state index contributed by atoms with van der Waals surface area (Å²) < 4.78 is 22.8. The standard InChI is InChI=1S/C24H27N5O5S2/c1-15(16-6-10-19(11-7-16)36(25,33)34)26-22(31)17-4-8-18(9-5-17)27-21(30)14-20-23(32)28-24(35-20)29-12-2-3-13-29/h4-11,15,20H,2-3,12-14H2,1H3,(H,26,31)(H,27,30)(H2,25,33,34)/t15-,20-/m1/s1. The second kappa shape index (κ2) is 10.8. The summed E-state index contributed by atoms with van der Waals surface area (Å²) in [6, 6.07) is 12.0. The van der Waals surface area contributed by atoms with E-state index in [4.69, 9.17) is 5.14 Å². The molecule has 36 heavy (non-hydrogen) atoms. The molecule has 4 rings (SSSR count). The molecule has 10 nitrogen and oxygen atoms in total. The Bertz CT molecular complexity index is 1290.